The van der Waals surface area contributed by atoms with Crippen LogP contribution in [0.2, 0.25) is 0 Å². The quantitative estimate of drug-likeness (QED) is 0.0261. The van der Waals surface area contributed by atoms with E-state index < -0.39 is 6.10 Å². The van der Waals surface area contributed by atoms with Gasteiger partial charge in [-0.1, -0.05) is 298 Å². The van der Waals surface area contributed by atoms with E-state index in [-0.39, 0.29) is 31.1 Å². The maximum atomic E-state index is 12.9. The van der Waals surface area contributed by atoms with Gasteiger partial charge in [-0.2, -0.15) is 0 Å². The van der Waals surface area contributed by atoms with Gasteiger partial charge in [0.1, 0.15) is 13.2 Å². The topological polar surface area (TPSA) is 78.9 Å². The molecule has 0 aromatic carbocycles. The third-order valence-electron chi connectivity index (χ3n) is 14.4. The molecule has 0 aromatic heterocycles. The molecule has 0 aromatic rings. The van der Waals surface area contributed by atoms with Crippen molar-refractivity contribution in [2.45, 2.75) is 335 Å². The lowest BCUT2D eigenvalue weighted by Gasteiger charge is -2.18. The van der Waals surface area contributed by atoms with Crippen molar-refractivity contribution in [1.82, 2.24) is 0 Å². The van der Waals surface area contributed by atoms with Crippen molar-refractivity contribution in [3.8, 4) is 0 Å². The molecule has 0 bridgehead atoms. The van der Waals surface area contributed by atoms with Gasteiger partial charge in [-0.3, -0.25) is 14.4 Å². The van der Waals surface area contributed by atoms with Gasteiger partial charge in [0.2, 0.25) is 0 Å². The second kappa shape index (κ2) is 65.1. The molecule has 0 rings (SSSR count). The molecule has 0 amide bonds. The minimum Gasteiger partial charge on any atom is -0.462 e. The van der Waals surface area contributed by atoms with E-state index in [4.69, 9.17) is 14.2 Å². The first-order valence-electron chi connectivity index (χ1n) is 33.1. The molecule has 0 N–H and O–H groups in total. The molecule has 6 heteroatoms. The van der Waals surface area contributed by atoms with Crippen molar-refractivity contribution < 1.29 is 28.6 Å². The predicted molar refractivity (Wildman–Crippen MR) is 334 cm³/mol. The van der Waals surface area contributed by atoms with Gasteiger partial charge in [0.15, 0.2) is 6.10 Å². The number of esters is 3. The molecule has 0 aliphatic rings. The number of carbonyl (C=O) groups is 3. The minimum atomic E-state index is -0.791. The average Bonchev–Trinajstić information content (AvgIpc) is 3.43. The van der Waals surface area contributed by atoms with Crippen LogP contribution in [0.25, 0.3) is 0 Å². The molecule has 0 saturated carbocycles. The van der Waals surface area contributed by atoms with Crippen LogP contribution in [0.5, 0.6) is 0 Å². The highest BCUT2D eigenvalue weighted by molar-refractivity contribution is 5.71. The summed E-state index contributed by atoms with van der Waals surface area (Å²) in [5.74, 6) is -0.903. The Bertz CT molecular complexity index is 1470. The second-order valence-corrected chi connectivity index (χ2v) is 22.0. The number of rotatable bonds is 60. The van der Waals surface area contributed by atoms with Crippen LogP contribution in [0.4, 0.5) is 0 Å². The van der Waals surface area contributed by atoms with E-state index in [0.29, 0.717) is 19.3 Å². The Morgan fingerprint density at radius 3 is 0.805 bits per heavy atom. The zero-order chi connectivity index (χ0) is 55.7. The molecule has 1 atom stereocenters. The van der Waals surface area contributed by atoms with E-state index >= 15 is 0 Å². The highest BCUT2D eigenvalue weighted by Gasteiger charge is 2.19. The summed E-state index contributed by atoms with van der Waals surface area (Å²) in [4.78, 5) is 38.4. The Labute approximate surface area is 477 Å². The largest absolute Gasteiger partial charge is 0.462 e. The molecule has 0 spiro atoms. The molecule has 1 unspecified atom stereocenters. The van der Waals surface area contributed by atoms with E-state index in [1.807, 2.05) is 0 Å². The first-order chi connectivity index (χ1) is 38.0. The summed E-state index contributed by atoms with van der Waals surface area (Å²) in [6, 6.07) is 0. The molecule has 0 aliphatic carbocycles. The van der Waals surface area contributed by atoms with Crippen molar-refractivity contribution in [2.24, 2.45) is 0 Å². The van der Waals surface area contributed by atoms with Gasteiger partial charge in [-0.15, -0.1) is 0 Å². The van der Waals surface area contributed by atoms with Crippen LogP contribution in [-0.2, 0) is 28.6 Å². The molecule has 0 fully saturated rings. The fourth-order valence-corrected chi connectivity index (χ4v) is 9.44. The van der Waals surface area contributed by atoms with E-state index in [1.54, 1.807) is 0 Å². The Hall–Kier alpha value is -3.41. The molecule has 444 valence electrons. The lowest BCUT2D eigenvalue weighted by molar-refractivity contribution is -0.167. The van der Waals surface area contributed by atoms with Gasteiger partial charge in [0.25, 0.3) is 0 Å². The number of unbranched alkanes of at least 4 members (excludes halogenated alkanes) is 35. The van der Waals surface area contributed by atoms with Gasteiger partial charge in [0, 0.05) is 19.3 Å². The van der Waals surface area contributed by atoms with Crippen molar-refractivity contribution in [2.75, 3.05) is 13.2 Å². The predicted octanol–water partition coefficient (Wildman–Crippen LogP) is 22.7. The highest BCUT2D eigenvalue weighted by Crippen LogP contribution is 2.17. The summed E-state index contributed by atoms with van der Waals surface area (Å²) in [6.45, 7) is 6.54. The third-order valence-corrected chi connectivity index (χ3v) is 14.4. The van der Waals surface area contributed by atoms with Gasteiger partial charge in [0.05, 0.1) is 0 Å². The number of hydrogen-bond acceptors (Lipinski definition) is 6. The van der Waals surface area contributed by atoms with Crippen molar-refractivity contribution >= 4 is 17.9 Å². The zero-order valence-electron chi connectivity index (χ0n) is 51.0. The normalized spacial score (nSPS) is 12.6. The molecular formula is C71H124O6. The second-order valence-electron chi connectivity index (χ2n) is 22.0. The molecule has 0 radical (unpaired) electrons. The standard InChI is InChI=1S/C71H124O6/c1-4-7-10-13-16-19-22-25-28-31-33-35-36-37-39-40-43-46-49-52-55-58-61-64-70(73)76-67-68(66-75-69(72)63-60-57-54-51-48-45-42-30-27-24-21-18-15-12-9-6-3)77-71(74)65-62-59-56-53-50-47-44-41-38-34-32-29-26-23-20-17-14-11-8-5-2/h7,10,16,19,25,28,30,33,35,37,39,42-43,46,68H,4-6,8-9,11-15,17-18,20-24,26-27,29,31-32,34,36,38,40-41,44-45,47-67H2,1-3H3/b10-7-,19-16-,28-25-,35-33-,39-37-,42-30-,46-43-. The molecule has 6 nitrogen and oxygen atoms in total. The minimum absolute atomic E-state index is 0.0864. The first-order valence-corrected chi connectivity index (χ1v) is 33.1. The summed E-state index contributed by atoms with van der Waals surface area (Å²) < 4.78 is 16.9. The zero-order valence-corrected chi connectivity index (χ0v) is 51.0. The molecular weight excluding hydrogens is 949 g/mol. The van der Waals surface area contributed by atoms with Crippen LogP contribution in [-0.4, -0.2) is 37.2 Å². The SMILES string of the molecule is CC/C=C\C/C=C\C/C=C\C/C=C\C/C=C\C/C=C\CCCCCCC(=O)OCC(COC(=O)CCCCCCC/C=C\CCCCCCCCC)OC(=O)CCCCCCCCCCCCCCCCCCCCCC. The number of carbonyl (C=O) groups excluding carboxylic acids is 3. The van der Waals surface area contributed by atoms with Crippen LogP contribution in [0.3, 0.4) is 0 Å². The maximum absolute atomic E-state index is 12.9. The maximum Gasteiger partial charge on any atom is 0.306 e. The van der Waals surface area contributed by atoms with Gasteiger partial charge in [-0.05, 0) is 96.3 Å². The fourth-order valence-electron chi connectivity index (χ4n) is 9.44. The number of allylic oxidation sites excluding steroid dienone is 14. The highest BCUT2D eigenvalue weighted by atomic mass is 16.6. The summed E-state index contributed by atoms with van der Waals surface area (Å²) in [6.07, 6.45) is 85.9. The van der Waals surface area contributed by atoms with E-state index in [0.717, 1.165) is 116 Å². The van der Waals surface area contributed by atoms with Crippen LogP contribution >= 0.6 is 0 Å². The Morgan fingerprint density at radius 2 is 0.506 bits per heavy atom. The summed E-state index contributed by atoms with van der Waals surface area (Å²) in [5, 5.41) is 0. The molecule has 77 heavy (non-hydrogen) atoms. The summed E-state index contributed by atoms with van der Waals surface area (Å²) >= 11 is 0. The number of hydrogen-bond donors (Lipinski definition) is 0. The van der Waals surface area contributed by atoms with Gasteiger partial charge in [-0.25, -0.2) is 0 Å². The van der Waals surface area contributed by atoms with Crippen LogP contribution in [0.1, 0.15) is 329 Å². The van der Waals surface area contributed by atoms with E-state index in [1.165, 1.54) is 173 Å². The van der Waals surface area contributed by atoms with Crippen LogP contribution in [0.15, 0.2) is 85.1 Å². The average molecular weight is 1070 g/mol. The molecule has 0 saturated heterocycles. The smallest absolute Gasteiger partial charge is 0.306 e. The Balaban J connectivity index is 4.41. The van der Waals surface area contributed by atoms with Crippen LogP contribution < -0.4 is 0 Å². The van der Waals surface area contributed by atoms with Crippen molar-refractivity contribution in [3.05, 3.63) is 85.1 Å². The lowest BCUT2D eigenvalue weighted by atomic mass is 10.0. The summed E-state index contributed by atoms with van der Waals surface area (Å²) in [5.41, 5.74) is 0. The van der Waals surface area contributed by atoms with Crippen molar-refractivity contribution in [3.63, 3.8) is 0 Å². The summed E-state index contributed by atoms with van der Waals surface area (Å²) in [7, 11) is 0. The van der Waals surface area contributed by atoms with E-state index in [2.05, 4.69) is 106 Å². The number of ether oxygens (including phenoxy) is 3. The molecule has 0 heterocycles. The third kappa shape index (κ3) is 63.3. The lowest BCUT2D eigenvalue weighted by Crippen LogP contribution is -2.30. The van der Waals surface area contributed by atoms with Crippen molar-refractivity contribution in [1.29, 1.82) is 0 Å². The monoisotopic (exact) mass is 1070 g/mol. The fraction of sp³-hybridized carbons (Fsp3) is 0.761. The van der Waals surface area contributed by atoms with Crippen LogP contribution in [0, 0.1) is 0 Å². The van der Waals surface area contributed by atoms with Gasteiger partial charge < -0.3 is 14.2 Å². The molecule has 0 aliphatic heterocycles. The Kier molecular flexibility index (Phi) is 62.2. The Morgan fingerprint density at radius 1 is 0.273 bits per heavy atom. The van der Waals surface area contributed by atoms with E-state index in [9.17, 15) is 14.4 Å². The van der Waals surface area contributed by atoms with Gasteiger partial charge >= 0.3 is 17.9 Å². The first kappa shape index (κ1) is 73.6.